The Morgan fingerprint density at radius 2 is 1.69 bits per heavy atom. The molecule has 0 radical (unpaired) electrons. The van der Waals surface area contributed by atoms with Crippen LogP contribution < -0.4 is 10.6 Å². The molecule has 0 aliphatic heterocycles. The van der Waals surface area contributed by atoms with Gasteiger partial charge in [-0.3, -0.25) is 9.36 Å². The molecule has 0 saturated heterocycles. The van der Waals surface area contributed by atoms with Crippen molar-refractivity contribution in [2.24, 2.45) is 0 Å². The van der Waals surface area contributed by atoms with Crippen LogP contribution >= 0.6 is 18.9 Å². The lowest BCUT2D eigenvalue weighted by atomic mass is 10.1. The van der Waals surface area contributed by atoms with Crippen molar-refractivity contribution in [3.05, 3.63) is 70.7 Å². The number of carbonyl (C=O) groups excluding carboxylic acids is 1. The first-order valence-electron chi connectivity index (χ1n) is 8.69. The van der Waals surface area contributed by atoms with Crippen LogP contribution in [0.2, 0.25) is 0 Å². The summed E-state index contributed by atoms with van der Waals surface area (Å²) in [5.41, 5.74) is 2.28. The van der Waals surface area contributed by atoms with E-state index in [2.05, 4.69) is 20.8 Å². The number of hydrogen-bond donors (Lipinski definition) is 2. The molecule has 3 aromatic rings. The Hall–Kier alpha value is -2.58. The van der Waals surface area contributed by atoms with Crippen molar-refractivity contribution in [2.45, 2.75) is 12.7 Å². The van der Waals surface area contributed by atoms with E-state index in [0.717, 1.165) is 22.6 Å². The Kier molecular flexibility index (Phi) is 6.76. The van der Waals surface area contributed by atoms with Gasteiger partial charge in [0, 0.05) is 25.5 Å². The first-order chi connectivity index (χ1) is 13.9. The maximum absolute atomic E-state index is 13.1. The van der Waals surface area contributed by atoms with E-state index in [9.17, 15) is 9.36 Å². The topological polar surface area (TPSA) is 102 Å². The van der Waals surface area contributed by atoms with E-state index >= 15 is 0 Å². The van der Waals surface area contributed by atoms with Crippen molar-refractivity contribution in [3.8, 4) is 0 Å². The van der Waals surface area contributed by atoms with Crippen molar-refractivity contribution in [1.29, 1.82) is 0 Å². The second-order valence-corrected chi connectivity index (χ2v) is 9.42. The largest absolute Gasteiger partial charge is 0.359 e. The molecule has 0 unspecified atom stereocenters. The predicted octanol–water partition coefficient (Wildman–Crippen LogP) is 4.50. The molecular weight excluding hydrogens is 411 g/mol. The average molecular weight is 432 g/mol. The Balaban J connectivity index is 1.87. The fraction of sp³-hybridized carbons (Fsp3) is 0.211. The summed E-state index contributed by atoms with van der Waals surface area (Å²) in [6.07, 6.45) is 0. The minimum Gasteiger partial charge on any atom is -0.332 e. The van der Waals surface area contributed by atoms with Gasteiger partial charge in [-0.05, 0) is 31.2 Å². The van der Waals surface area contributed by atoms with Gasteiger partial charge >= 0.3 is 7.60 Å². The van der Waals surface area contributed by atoms with Gasteiger partial charge < -0.3 is 19.7 Å². The molecule has 10 heteroatoms. The van der Waals surface area contributed by atoms with E-state index in [0.29, 0.717) is 15.7 Å². The first kappa shape index (κ1) is 21.1. The van der Waals surface area contributed by atoms with Crippen LogP contribution in [0.15, 0.2) is 54.6 Å². The molecule has 8 nitrogen and oxygen atoms in total. The molecule has 1 heterocycles. The molecule has 1 aromatic heterocycles. The van der Waals surface area contributed by atoms with Gasteiger partial charge in [-0.1, -0.05) is 47.2 Å². The highest BCUT2D eigenvalue weighted by atomic mass is 32.1. The molecule has 2 N–H and O–H groups in total. The molecule has 29 heavy (non-hydrogen) atoms. The molecule has 1 amide bonds. The molecular formula is C19H21N4O4PS. The Labute approximate surface area is 172 Å². The third-order valence-electron chi connectivity index (χ3n) is 4.11. The maximum Gasteiger partial charge on any atom is 0.359 e. The second kappa shape index (κ2) is 9.28. The molecule has 2 aromatic carbocycles. The number of nitrogens with zero attached hydrogens (tertiary/aromatic N) is 2. The zero-order valence-electron chi connectivity index (χ0n) is 16.2. The van der Waals surface area contributed by atoms with E-state index in [1.54, 1.807) is 12.1 Å². The molecule has 0 fully saturated rings. The highest BCUT2D eigenvalue weighted by Crippen LogP contribution is 2.59. The number of benzene rings is 2. The number of anilines is 2. The molecule has 0 aliphatic rings. The molecule has 3 rings (SSSR count). The monoisotopic (exact) mass is 432 g/mol. The van der Waals surface area contributed by atoms with Crippen LogP contribution in [0.5, 0.6) is 0 Å². The number of aromatic nitrogens is 2. The van der Waals surface area contributed by atoms with E-state index in [1.807, 2.05) is 49.4 Å². The lowest BCUT2D eigenvalue weighted by Crippen LogP contribution is -2.29. The van der Waals surface area contributed by atoms with Gasteiger partial charge in [0.1, 0.15) is 0 Å². The lowest BCUT2D eigenvalue weighted by molar-refractivity contribution is 0.0940. The van der Waals surface area contributed by atoms with Gasteiger partial charge in [0.05, 0.1) is 0 Å². The summed E-state index contributed by atoms with van der Waals surface area (Å²) in [5.74, 6) is -1.52. The van der Waals surface area contributed by atoms with Gasteiger partial charge in [0.15, 0.2) is 10.8 Å². The van der Waals surface area contributed by atoms with Gasteiger partial charge in [-0.2, -0.15) is 0 Å². The SMILES string of the molecule is COP(=O)(OC)[C@@H](NC(=O)c1ccc(C)cc1)c1nnc(Nc2ccccc2)s1. The number of hydrogen-bond acceptors (Lipinski definition) is 8. The molecule has 1 atom stereocenters. The summed E-state index contributed by atoms with van der Waals surface area (Å²) in [6.45, 7) is 1.93. The van der Waals surface area contributed by atoms with Gasteiger partial charge in [-0.25, -0.2) is 0 Å². The summed E-state index contributed by atoms with van der Waals surface area (Å²) in [7, 11) is -1.19. The Morgan fingerprint density at radius 3 is 2.31 bits per heavy atom. The van der Waals surface area contributed by atoms with E-state index < -0.39 is 19.3 Å². The smallest absolute Gasteiger partial charge is 0.332 e. The second-order valence-electron chi connectivity index (χ2n) is 6.08. The van der Waals surface area contributed by atoms with Crippen LogP contribution in [0.1, 0.15) is 26.7 Å². The summed E-state index contributed by atoms with van der Waals surface area (Å²) >= 11 is 1.15. The van der Waals surface area contributed by atoms with Crippen LogP contribution in [0.4, 0.5) is 10.8 Å². The fourth-order valence-corrected chi connectivity index (χ4v) is 4.93. The fourth-order valence-electron chi connectivity index (χ4n) is 2.51. The van der Waals surface area contributed by atoms with Crippen molar-refractivity contribution in [1.82, 2.24) is 15.5 Å². The number of amides is 1. The van der Waals surface area contributed by atoms with Crippen LogP contribution in [-0.2, 0) is 13.6 Å². The first-order valence-corrected chi connectivity index (χ1v) is 11.1. The molecule has 0 spiro atoms. The minimum absolute atomic E-state index is 0.302. The highest BCUT2D eigenvalue weighted by molar-refractivity contribution is 7.54. The normalized spacial score (nSPS) is 12.4. The van der Waals surface area contributed by atoms with Crippen molar-refractivity contribution >= 4 is 35.7 Å². The van der Waals surface area contributed by atoms with Crippen LogP contribution in [0.3, 0.4) is 0 Å². The highest BCUT2D eigenvalue weighted by Gasteiger charge is 2.39. The van der Waals surface area contributed by atoms with Gasteiger partial charge in [0.2, 0.25) is 5.13 Å². The summed E-state index contributed by atoms with van der Waals surface area (Å²) in [6, 6.07) is 16.5. The number of para-hydroxylation sites is 1. The number of rotatable bonds is 8. The molecule has 0 saturated carbocycles. The van der Waals surface area contributed by atoms with Gasteiger partial charge in [0.25, 0.3) is 5.91 Å². The minimum atomic E-state index is -3.72. The molecule has 152 valence electrons. The number of carbonyl (C=O) groups is 1. The van der Waals surface area contributed by atoms with Crippen molar-refractivity contribution in [3.63, 3.8) is 0 Å². The summed E-state index contributed by atoms with van der Waals surface area (Å²) in [4.78, 5) is 12.7. The standard InChI is InChI=1S/C19H21N4O4PS/c1-13-9-11-14(12-10-13)16(24)21-17(28(25,26-2)27-3)18-22-23-19(29-18)20-15-7-5-4-6-8-15/h4-12,17H,1-3H3,(H,20,23)(H,21,24)/t17-/m1/s1. The molecule has 0 aliphatic carbocycles. The van der Waals surface area contributed by atoms with E-state index in [1.165, 1.54) is 14.2 Å². The van der Waals surface area contributed by atoms with Crippen LogP contribution in [0.25, 0.3) is 0 Å². The maximum atomic E-state index is 13.1. The Morgan fingerprint density at radius 1 is 1.03 bits per heavy atom. The third-order valence-corrected chi connectivity index (χ3v) is 7.21. The number of aryl methyl sites for hydroxylation is 1. The zero-order chi connectivity index (χ0) is 20.9. The van der Waals surface area contributed by atoms with Gasteiger partial charge in [-0.15, -0.1) is 10.2 Å². The Bertz CT molecular complexity index is 1000. The van der Waals surface area contributed by atoms with Crippen molar-refractivity contribution < 1.29 is 18.4 Å². The van der Waals surface area contributed by atoms with E-state index in [-0.39, 0.29) is 0 Å². The average Bonchev–Trinajstić information content (AvgIpc) is 3.20. The molecule has 0 bridgehead atoms. The number of nitrogens with one attached hydrogen (secondary N) is 2. The third kappa shape index (κ3) is 5.07. The lowest BCUT2D eigenvalue weighted by Gasteiger charge is -2.23. The van der Waals surface area contributed by atoms with Crippen LogP contribution in [0, 0.1) is 6.92 Å². The predicted molar refractivity (Wildman–Crippen MR) is 113 cm³/mol. The van der Waals surface area contributed by atoms with Crippen molar-refractivity contribution in [2.75, 3.05) is 19.5 Å². The van der Waals surface area contributed by atoms with E-state index in [4.69, 9.17) is 9.05 Å². The quantitative estimate of drug-likeness (QED) is 0.505. The summed E-state index contributed by atoms with van der Waals surface area (Å²) < 4.78 is 23.3. The summed E-state index contributed by atoms with van der Waals surface area (Å²) in [5, 5.41) is 14.8. The zero-order valence-corrected chi connectivity index (χ0v) is 17.9. The van der Waals surface area contributed by atoms with Crippen LogP contribution in [-0.4, -0.2) is 30.3 Å².